The summed E-state index contributed by atoms with van der Waals surface area (Å²) in [6.45, 7) is 4.08. The van der Waals surface area contributed by atoms with Crippen molar-refractivity contribution in [3.8, 4) is 0 Å². The number of hydrogen-bond donors (Lipinski definition) is 0. The van der Waals surface area contributed by atoms with E-state index < -0.39 is 0 Å². The minimum Gasteiger partial charge on any atom is -0.294 e. The Morgan fingerprint density at radius 1 is 1.15 bits per heavy atom. The molecule has 0 saturated heterocycles. The molecule has 1 aromatic carbocycles. The first-order valence-electron chi connectivity index (χ1n) is 8.74. The fourth-order valence-electron chi connectivity index (χ4n) is 4.06. The van der Waals surface area contributed by atoms with Gasteiger partial charge >= 0.3 is 0 Å². The molecule has 2 aromatic rings. The number of rotatable bonds is 2. The molecule has 2 heterocycles. The van der Waals surface area contributed by atoms with E-state index in [1.807, 2.05) is 31.4 Å². The second-order valence-electron chi connectivity index (χ2n) is 7.78. The number of hydrogen-bond acceptors (Lipinski definition) is 3. The Hall–Kier alpha value is -2.27. The predicted octanol–water partition coefficient (Wildman–Crippen LogP) is 5.05. The van der Waals surface area contributed by atoms with Gasteiger partial charge in [0.2, 0.25) is 5.91 Å². The maximum Gasteiger partial charge on any atom is 0.232 e. The molecular weight excluding hydrogens is 349 g/mol. The zero-order chi connectivity index (χ0) is 18.5. The van der Waals surface area contributed by atoms with Gasteiger partial charge in [0.05, 0.1) is 5.69 Å². The fourth-order valence-corrected chi connectivity index (χ4v) is 4.90. The summed E-state index contributed by atoms with van der Waals surface area (Å²) in [5.74, 6) is -0.563. The van der Waals surface area contributed by atoms with Crippen molar-refractivity contribution in [2.24, 2.45) is 5.41 Å². The van der Waals surface area contributed by atoms with Gasteiger partial charge in [-0.2, -0.15) is 0 Å². The van der Waals surface area contributed by atoms with Crippen LogP contribution in [0.25, 0.3) is 0 Å². The van der Waals surface area contributed by atoms with E-state index >= 15 is 0 Å². The highest BCUT2D eigenvalue weighted by molar-refractivity contribution is 7.10. The lowest BCUT2D eigenvalue weighted by atomic mass is 9.70. The average Bonchev–Trinajstić information content (AvgIpc) is 3.06. The summed E-state index contributed by atoms with van der Waals surface area (Å²) in [6.07, 6.45) is 1.33. The molecule has 0 bridgehead atoms. The third kappa shape index (κ3) is 2.90. The molecule has 1 aromatic heterocycles. The van der Waals surface area contributed by atoms with Crippen LogP contribution in [0.3, 0.4) is 0 Å². The van der Waals surface area contributed by atoms with Crippen LogP contribution in [0.2, 0.25) is 0 Å². The lowest BCUT2D eigenvalue weighted by Crippen LogP contribution is -2.43. The molecule has 1 unspecified atom stereocenters. The number of Topliss-reactive ketones (excluding diaryl/α,β-unsaturated/α-hetero) is 1. The maximum absolute atomic E-state index is 13.8. The van der Waals surface area contributed by atoms with Gasteiger partial charge < -0.3 is 0 Å². The van der Waals surface area contributed by atoms with Crippen molar-refractivity contribution in [1.82, 2.24) is 0 Å². The zero-order valence-electron chi connectivity index (χ0n) is 14.8. The number of thiophene rings is 1. The minimum absolute atomic E-state index is 0.0850. The quantitative estimate of drug-likeness (QED) is 0.743. The Morgan fingerprint density at radius 3 is 2.65 bits per heavy atom. The Morgan fingerprint density at radius 2 is 1.96 bits per heavy atom. The molecule has 1 amide bonds. The molecule has 4 rings (SSSR count). The molecule has 26 heavy (non-hydrogen) atoms. The van der Waals surface area contributed by atoms with Crippen LogP contribution in [-0.2, 0) is 9.59 Å². The molecule has 3 nitrogen and oxygen atoms in total. The van der Waals surface area contributed by atoms with Crippen molar-refractivity contribution in [3.05, 3.63) is 63.7 Å². The summed E-state index contributed by atoms with van der Waals surface area (Å²) in [5, 5.41) is 1.97. The van der Waals surface area contributed by atoms with Crippen molar-refractivity contribution in [2.45, 2.75) is 39.0 Å². The number of carbonyl (C=O) groups is 2. The van der Waals surface area contributed by atoms with Crippen molar-refractivity contribution >= 4 is 28.7 Å². The van der Waals surface area contributed by atoms with Crippen LogP contribution < -0.4 is 4.90 Å². The first-order chi connectivity index (χ1) is 12.4. The number of amides is 1. The highest BCUT2D eigenvalue weighted by Gasteiger charge is 2.44. The van der Waals surface area contributed by atoms with Gasteiger partial charge in [-0.25, -0.2) is 4.39 Å². The monoisotopic (exact) mass is 369 g/mol. The molecule has 5 heteroatoms. The lowest BCUT2D eigenvalue weighted by Gasteiger charge is -2.42. The zero-order valence-corrected chi connectivity index (χ0v) is 15.6. The van der Waals surface area contributed by atoms with E-state index in [1.54, 1.807) is 28.4 Å². The largest absolute Gasteiger partial charge is 0.294 e. The second-order valence-corrected chi connectivity index (χ2v) is 8.76. The predicted molar refractivity (Wildman–Crippen MR) is 101 cm³/mol. The minimum atomic E-state index is -0.390. The Balaban J connectivity index is 1.91. The summed E-state index contributed by atoms with van der Waals surface area (Å²) in [5.41, 5.74) is 1.75. The summed E-state index contributed by atoms with van der Waals surface area (Å²) in [4.78, 5) is 28.7. The molecule has 0 radical (unpaired) electrons. The molecule has 0 saturated carbocycles. The Labute approximate surface area is 156 Å². The van der Waals surface area contributed by atoms with E-state index in [0.29, 0.717) is 18.5 Å². The average molecular weight is 369 g/mol. The van der Waals surface area contributed by atoms with Gasteiger partial charge in [0.15, 0.2) is 5.78 Å². The van der Waals surface area contributed by atoms with Crippen molar-refractivity contribution in [1.29, 1.82) is 0 Å². The number of allylic oxidation sites excluding steroid dienone is 2. The molecule has 1 atom stereocenters. The van der Waals surface area contributed by atoms with E-state index in [1.165, 1.54) is 12.1 Å². The topological polar surface area (TPSA) is 37.4 Å². The summed E-state index contributed by atoms with van der Waals surface area (Å²) in [7, 11) is 0. The number of halogens is 1. The van der Waals surface area contributed by atoms with Gasteiger partial charge in [-0.3, -0.25) is 14.5 Å². The van der Waals surface area contributed by atoms with Gasteiger partial charge in [0.25, 0.3) is 0 Å². The van der Waals surface area contributed by atoms with Crippen LogP contribution in [-0.4, -0.2) is 11.7 Å². The number of ketones is 1. The van der Waals surface area contributed by atoms with Crippen molar-refractivity contribution < 1.29 is 14.0 Å². The summed E-state index contributed by atoms with van der Waals surface area (Å²) in [6, 6.07) is 9.97. The first kappa shape index (κ1) is 17.2. The van der Waals surface area contributed by atoms with Gasteiger partial charge in [0.1, 0.15) is 5.82 Å². The molecule has 1 aliphatic heterocycles. The van der Waals surface area contributed by atoms with Gasteiger partial charge in [-0.15, -0.1) is 11.3 Å². The SMILES string of the molecule is CC1(C)CC(=O)C2=C(C1)N(c1cccc(F)c1)C(=O)CC2c1cccs1. The van der Waals surface area contributed by atoms with E-state index in [0.717, 1.165) is 16.1 Å². The standard InChI is InChI=1S/C21H20FNO2S/c1-21(2)11-16-20(17(24)12-21)15(18-7-4-8-26-18)10-19(25)23(16)14-6-3-5-13(22)9-14/h3-9,15H,10-12H2,1-2H3. The highest BCUT2D eigenvalue weighted by Crippen LogP contribution is 2.48. The second kappa shape index (κ2) is 6.16. The number of carbonyl (C=O) groups excluding carboxylic acids is 2. The fraction of sp³-hybridized carbons (Fsp3) is 0.333. The molecule has 134 valence electrons. The molecule has 0 N–H and O–H groups in total. The first-order valence-corrected chi connectivity index (χ1v) is 9.62. The van der Waals surface area contributed by atoms with Crippen molar-refractivity contribution in [3.63, 3.8) is 0 Å². The highest BCUT2D eigenvalue weighted by atomic mass is 32.1. The van der Waals surface area contributed by atoms with Crippen LogP contribution in [0, 0.1) is 11.2 Å². The smallest absolute Gasteiger partial charge is 0.232 e. The molecular formula is C21H20FNO2S. The van der Waals surface area contributed by atoms with E-state index in [4.69, 9.17) is 0 Å². The number of anilines is 1. The van der Waals surface area contributed by atoms with E-state index in [2.05, 4.69) is 0 Å². The van der Waals surface area contributed by atoms with E-state index in [9.17, 15) is 14.0 Å². The van der Waals surface area contributed by atoms with Gasteiger partial charge in [0, 0.05) is 34.9 Å². The third-order valence-corrected chi connectivity index (χ3v) is 6.08. The van der Waals surface area contributed by atoms with Gasteiger partial charge in [-0.1, -0.05) is 26.0 Å². The number of nitrogens with zero attached hydrogens (tertiary/aromatic N) is 1. The van der Waals surface area contributed by atoms with Crippen LogP contribution in [0.4, 0.5) is 10.1 Å². The van der Waals surface area contributed by atoms with Crippen molar-refractivity contribution in [2.75, 3.05) is 4.90 Å². The molecule has 0 spiro atoms. The molecule has 1 aliphatic carbocycles. The molecule has 0 fully saturated rings. The Kier molecular flexibility index (Phi) is 4.07. The van der Waals surface area contributed by atoms with E-state index in [-0.39, 0.29) is 35.3 Å². The summed E-state index contributed by atoms with van der Waals surface area (Å²) >= 11 is 1.57. The lowest BCUT2D eigenvalue weighted by molar-refractivity contribution is -0.120. The number of benzene rings is 1. The van der Waals surface area contributed by atoms with Gasteiger partial charge in [-0.05, 0) is 41.5 Å². The summed E-state index contributed by atoms with van der Waals surface area (Å²) < 4.78 is 13.8. The van der Waals surface area contributed by atoms with Crippen LogP contribution >= 0.6 is 11.3 Å². The third-order valence-electron chi connectivity index (χ3n) is 5.10. The Bertz CT molecular complexity index is 914. The molecule has 2 aliphatic rings. The van der Waals surface area contributed by atoms with Crippen LogP contribution in [0.15, 0.2) is 53.0 Å². The normalized spacial score (nSPS) is 22.6. The van der Waals surface area contributed by atoms with Crippen LogP contribution in [0.5, 0.6) is 0 Å². The maximum atomic E-state index is 13.8. The van der Waals surface area contributed by atoms with Crippen LogP contribution in [0.1, 0.15) is 43.9 Å².